The highest BCUT2D eigenvalue weighted by Gasteiger charge is 2.13. The molecule has 0 aromatic carbocycles. The lowest BCUT2D eigenvalue weighted by atomic mass is 10.5. The first-order valence-electron chi connectivity index (χ1n) is 6.49. The zero-order valence-electron chi connectivity index (χ0n) is 12.6. The van der Waals surface area contributed by atoms with Crippen LogP contribution in [0, 0.1) is 11.3 Å². The maximum atomic E-state index is 12.0. The maximum absolute atomic E-state index is 12.0. The average molecular weight is 319 g/mol. The molecule has 0 fully saturated rings. The molecule has 0 amide bonds. The number of H-pyrrole nitrogens is 1. The number of carbonyl (C=O) groups excluding carboxylic acids is 1. The number of aromatic amines is 1. The fraction of sp³-hybridized carbons (Fsp3) is 0.333. The summed E-state index contributed by atoms with van der Waals surface area (Å²) in [6, 6.07) is 1.59. The van der Waals surface area contributed by atoms with Crippen molar-refractivity contribution in [3.8, 4) is 6.07 Å². The number of hydrogen-bond donors (Lipinski definition) is 2. The van der Waals surface area contributed by atoms with Crippen molar-refractivity contribution in [1.29, 1.82) is 5.26 Å². The number of nitriles is 1. The molecule has 11 heteroatoms. The summed E-state index contributed by atoms with van der Waals surface area (Å²) in [4.78, 5) is 41.6. The lowest BCUT2D eigenvalue weighted by molar-refractivity contribution is -0.135. The third-order valence-corrected chi connectivity index (χ3v) is 2.95. The monoisotopic (exact) mass is 319 g/mol. The molecule has 0 spiro atoms. The summed E-state index contributed by atoms with van der Waals surface area (Å²) in [5.41, 5.74) is 1.51. The highest BCUT2D eigenvalue weighted by molar-refractivity contribution is 5.98. The Balaban J connectivity index is 2.39. The van der Waals surface area contributed by atoms with Gasteiger partial charge in [-0.1, -0.05) is 6.92 Å². The lowest BCUT2D eigenvalue weighted by Gasteiger charge is -2.00. The number of fused-ring (bicyclic) bond motifs is 1. The van der Waals surface area contributed by atoms with Gasteiger partial charge < -0.3 is 9.72 Å². The molecule has 0 aliphatic rings. The summed E-state index contributed by atoms with van der Waals surface area (Å²) < 4.78 is 6.77. The number of ether oxygens (including phenoxy) is 1. The van der Waals surface area contributed by atoms with E-state index in [1.54, 1.807) is 13.0 Å². The van der Waals surface area contributed by atoms with Crippen molar-refractivity contribution < 1.29 is 9.53 Å². The number of hydrogen-bond acceptors (Lipinski definition) is 8. The van der Waals surface area contributed by atoms with Crippen LogP contribution in [0.15, 0.2) is 14.7 Å². The van der Waals surface area contributed by atoms with Crippen molar-refractivity contribution in [2.24, 2.45) is 19.2 Å². The first kappa shape index (κ1) is 16.0. The van der Waals surface area contributed by atoms with E-state index in [0.29, 0.717) is 0 Å². The van der Waals surface area contributed by atoms with Gasteiger partial charge in [0.05, 0.1) is 0 Å². The molecular weight excluding hydrogens is 306 g/mol. The van der Waals surface area contributed by atoms with Crippen LogP contribution in [-0.2, 0) is 23.6 Å². The van der Waals surface area contributed by atoms with Crippen LogP contribution in [0.2, 0.25) is 0 Å². The molecule has 2 rings (SSSR count). The van der Waals surface area contributed by atoms with Crippen LogP contribution < -0.4 is 16.7 Å². The van der Waals surface area contributed by atoms with Gasteiger partial charge in [-0.15, -0.1) is 5.10 Å². The van der Waals surface area contributed by atoms with Gasteiger partial charge in [-0.25, -0.2) is 10.2 Å². The van der Waals surface area contributed by atoms with Crippen LogP contribution in [0.1, 0.15) is 13.3 Å². The Bertz CT molecular complexity index is 957. The molecule has 2 aromatic heterocycles. The van der Waals surface area contributed by atoms with Gasteiger partial charge in [-0.3, -0.25) is 18.7 Å². The number of imidazole rings is 1. The predicted octanol–water partition coefficient (Wildman–Crippen LogP) is -0.838. The summed E-state index contributed by atoms with van der Waals surface area (Å²) in [6.07, 6.45) is 0.0868. The summed E-state index contributed by atoms with van der Waals surface area (Å²) in [5, 5.41) is 12.4. The third-order valence-electron chi connectivity index (χ3n) is 2.95. The van der Waals surface area contributed by atoms with E-state index in [1.165, 1.54) is 18.7 Å². The minimum Gasteiger partial charge on any atom is -0.397 e. The fourth-order valence-electron chi connectivity index (χ4n) is 1.73. The van der Waals surface area contributed by atoms with Gasteiger partial charge in [0.2, 0.25) is 5.95 Å². The van der Waals surface area contributed by atoms with E-state index in [0.717, 1.165) is 4.57 Å². The molecule has 0 saturated carbocycles. The third kappa shape index (κ3) is 2.95. The van der Waals surface area contributed by atoms with E-state index >= 15 is 0 Å². The van der Waals surface area contributed by atoms with Crippen LogP contribution in [0.4, 0.5) is 5.95 Å². The molecular formula is C12H13N7O4. The molecule has 0 bridgehead atoms. The largest absolute Gasteiger partial charge is 0.397 e. The standard InChI is InChI=1S/C12H13N7O4/c1-4-7(20)23-6(5-13)16-17-11-14-8-9(15-11)18(2)12(22)19(3)10(8)21/h4H2,1-3H3,(H2,14,15,17)/b16-6+. The molecule has 0 unspecified atom stereocenters. The van der Waals surface area contributed by atoms with Gasteiger partial charge in [0.15, 0.2) is 17.2 Å². The van der Waals surface area contributed by atoms with Crippen molar-refractivity contribution in [2.75, 3.05) is 5.43 Å². The number of nitrogens with one attached hydrogen (secondary N) is 2. The van der Waals surface area contributed by atoms with E-state index < -0.39 is 23.1 Å². The topological polar surface area (TPSA) is 147 Å². The second-order valence-electron chi connectivity index (χ2n) is 4.46. The number of anilines is 1. The second-order valence-corrected chi connectivity index (χ2v) is 4.46. The SMILES string of the molecule is CCC(=O)O/C(C#N)=N/Nc1nc2c([nH]1)c(=O)n(C)c(=O)n2C. The number of esters is 1. The van der Waals surface area contributed by atoms with Gasteiger partial charge >= 0.3 is 17.6 Å². The number of hydrazone groups is 1. The maximum Gasteiger partial charge on any atom is 0.332 e. The van der Waals surface area contributed by atoms with Gasteiger partial charge in [0.25, 0.3) is 5.56 Å². The van der Waals surface area contributed by atoms with Gasteiger partial charge in [-0.05, 0) is 0 Å². The zero-order valence-corrected chi connectivity index (χ0v) is 12.6. The molecule has 0 aliphatic heterocycles. The van der Waals surface area contributed by atoms with Crippen molar-refractivity contribution in [2.45, 2.75) is 13.3 Å². The number of rotatable bonds is 3. The Morgan fingerprint density at radius 1 is 1.43 bits per heavy atom. The van der Waals surface area contributed by atoms with Crippen LogP contribution in [0.5, 0.6) is 0 Å². The summed E-state index contributed by atoms with van der Waals surface area (Å²) in [7, 11) is 2.80. The molecule has 23 heavy (non-hydrogen) atoms. The quantitative estimate of drug-likeness (QED) is 0.324. The fourth-order valence-corrected chi connectivity index (χ4v) is 1.73. The Labute approximate surface area is 128 Å². The molecule has 2 aromatic rings. The van der Waals surface area contributed by atoms with Crippen LogP contribution in [0.25, 0.3) is 11.2 Å². The Hall–Kier alpha value is -3.42. The highest BCUT2D eigenvalue weighted by Crippen LogP contribution is 2.08. The minimum absolute atomic E-state index is 0.0126. The van der Waals surface area contributed by atoms with E-state index in [4.69, 9.17) is 5.26 Å². The molecule has 0 saturated heterocycles. The molecule has 2 N–H and O–H groups in total. The molecule has 120 valence electrons. The Morgan fingerprint density at radius 2 is 2.13 bits per heavy atom. The van der Waals surface area contributed by atoms with E-state index in [-0.39, 0.29) is 23.5 Å². The number of aryl methyl sites for hydroxylation is 1. The van der Waals surface area contributed by atoms with Crippen molar-refractivity contribution in [1.82, 2.24) is 19.1 Å². The molecule has 11 nitrogen and oxygen atoms in total. The highest BCUT2D eigenvalue weighted by atomic mass is 16.5. The van der Waals surface area contributed by atoms with Crippen LogP contribution in [0.3, 0.4) is 0 Å². The lowest BCUT2D eigenvalue weighted by Crippen LogP contribution is -2.36. The van der Waals surface area contributed by atoms with Gasteiger partial charge in [0.1, 0.15) is 0 Å². The van der Waals surface area contributed by atoms with Gasteiger partial charge in [0, 0.05) is 20.5 Å². The minimum atomic E-state index is -0.618. The first-order chi connectivity index (χ1) is 10.9. The molecule has 2 heterocycles. The summed E-state index contributed by atoms with van der Waals surface area (Å²) in [5.74, 6) is -1.11. The number of carbonyl (C=O) groups is 1. The number of nitrogens with zero attached hydrogens (tertiary/aromatic N) is 5. The van der Waals surface area contributed by atoms with Crippen molar-refractivity contribution in [3.05, 3.63) is 20.8 Å². The second kappa shape index (κ2) is 6.14. The number of aromatic nitrogens is 4. The summed E-state index contributed by atoms with van der Waals surface area (Å²) >= 11 is 0. The Morgan fingerprint density at radius 3 is 2.74 bits per heavy atom. The first-order valence-corrected chi connectivity index (χ1v) is 6.49. The van der Waals surface area contributed by atoms with Crippen molar-refractivity contribution >= 4 is 29.0 Å². The normalized spacial score (nSPS) is 11.3. The summed E-state index contributed by atoms with van der Waals surface area (Å²) in [6.45, 7) is 1.57. The molecule has 0 aliphatic carbocycles. The van der Waals surface area contributed by atoms with Crippen molar-refractivity contribution in [3.63, 3.8) is 0 Å². The van der Waals surface area contributed by atoms with Crippen LogP contribution in [-0.4, -0.2) is 31.0 Å². The van der Waals surface area contributed by atoms with Gasteiger partial charge in [-0.2, -0.15) is 10.2 Å². The van der Waals surface area contributed by atoms with Crippen LogP contribution >= 0.6 is 0 Å². The van der Waals surface area contributed by atoms with E-state index in [2.05, 4.69) is 25.2 Å². The van der Waals surface area contributed by atoms with E-state index in [9.17, 15) is 14.4 Å². The van der Waals surface area contributed by atoms with E-state index in [1.807, 2.05) is 0 Å². The molecule has 0 radical (unpaired) electrons. The predicted molar refractivity (Wildman–Crippen MR) is 79.6 cm³/mol. The smallest absolute Gasteiger partial charge is 0.332 e. The zero-order chi connectivity index (χ0) is 17.1. The Kier molecular flexibility index (Phi) is 4.26. The average Bonchev–Trinajstić information content (AvgIpc) is 2.98. The molecule has 0 atom stereocenters.